The number of Topliss-reactive ketones (excluding diaryl/α,β-unsaturated/α-hetero) is 1. The molecule has 27 heavy (non-hydrogen) atoms. The summed E-state index contributed by atoms with van der Waals surface area (Å²) in [6.07, 6.45) is 3.38. The molecule has 140 valence electrons. The van der Waals surface area contributed by atoms with Crippen molar-refractivity contribution in [2.45, 2.75) is 19.8 Å². The molecule has 4 heteroatoms. The van der Waals surface area contributed by atoms with Gasteiger partial charge in [-0.3, -0.25) is 4.79 Å². The lowest BCUT2D eigenvalue weighted by molar-refractivity contribution is 0.102. The molecule has 0 N–H and O–H groups in total. The Balaban J connectivity index is 1.54. The molecule has 0 amide bonds. The van der Waals surface area contributed by atoms with E-state index in [-0.39, 0.29) is 11.6 Å². The Morgan fingerprint density at radius 3 is 2.59 bits per heavy atom. The number of nitrogens with zero attached hydrogens (tertiary/aromatic N) is 2. The van der Waals surface area contributed by atoms with Gasteiger partial charge in [-0.1, -0.05) is 19.1 Å². The van der Waals surface area contributed by atoms with Gasteiger partial charge in [0, 0.05) is 43.0 Å². The van der Waals surface area contributed by atoms with Crippen molar-refractivity contribution >= 4 is 17.5 Å². The maximum absolute atomic E-state index is 13.4. The van der Waals surface area contributed by atoms with E-state index in [1.807, 2.05) is 18.2 Å². The standard InChI is InChI=1S/C23H25FN2O/c1-2-25-10-12-26(13-11-25)21-8-9-22-18(16-21)6-7-19(23(22)27)14-17-4-3-5-20(24)15-17/h3-5,8-9,14-16H,2,6-7,10-13H2,1H3/b19-14+. The van der Waals surface area contributed by atoms with Gasteiger partial charge in [-0.05, 0) is 66.9 Å². The number of hydrogen-bond acceptors (Lipinski definition) is 3. The molecule has 0 spiro atoms. The number of halogens is 1. The topological polar surface area (TPSA) is 23.6 Å². The van der Waals surface area contributed by atoms with E-state index in [4.69, 9.17) is 0 Å². The zero-order chi connectivity index (χ0) is 18.8. The molecule has 1 aliphatic heterocycles. The molecule has 0 radical (unpaired) electrons. The number of likely N-dealkylation sites (N-methyl/N-ethyl adjacent to an activating group) is 1. The third-order valence-corrected chi connectivity index (χ3v) is 5.66. The molecule has 4 rings (SSSR count). The molecule has 0 atom stereocenters. The smallest absolute Gasteiger partial charge is 0.189 e. The minimum atomic E-state index is -0.277. The molecule has 1 aliphatic carbocycles. The van der Waals surface area contributed by atoms with Crippen molar-refractivity contribution in [3.8, 4) is 0 Å². The number of allylic oxidation sites excluding steroid dienone is 1. The molecule has 0 saturated carbocycles. The Morgan fingerprint density at radius 1 is 1.04 bits per heavy atom. The first-order valence-corrected chi connectivity index (χ1v) is 9.75. The third kappa shape index (κ3) is 3.81. The summed E-state index contributed by atoms with van der Waals surface area (Å²) in [7, 11) is 0. The lowest BCUT2D eigenvalue weighted by Gasteiger charge is -2.36. The van der Waals surface area contributed by atoms with E-state index in [9.17, 15) is 9.18 Å². The predicted octanol–water partition coefficient (Wildman–Crippen LogP) is 4.18. The first kappa shape index (κ1) is 17.9. The molecule has 2 aromatic carbocycles. The minimum absolute atomic E-state index is 0.0721. The summed E-state index contributed by atoms with van der Waals surface area (Å²) < 4.78 is 13.4. The average Bonchev–Trinajstić information content (AvgIpc) is 2.70. The van der Waals surface area contributed by atoms with Crippen molar-refractivity contribution in [1.82, 2.24) is 4.90 Å². The van der Waals surface area contributed by atoms with Crippen LogP contribution in [0.4, 0.5) is 10.1 Å². The van der Waals surface area contributed by atoms with Crippen LogP contribution in [0, 0.1) is 5.82 Å². The van der Waals surface area contributed by atoms with Crippen LogP contribution in [0.1, 0.15) is 34.8 Å². The molecule has 1 saturated heterocycles. The second-order valence-electron chi connectivity index (χ2n) is 7.32. The second-order valence-corrected chi connectivity index (χ2v) is 7.32. The Bertz CT molecular complexity index is 882. The molecule has 1 fully saturated rings. The van der Waals surface area contributed by atoms with Crippen LogP contribution in [0.5, 0.6) is 0 Å². The van der Waals surface area contributed by atoms with Crippen molar-refractivity contribution in [2.24, 2.45) is 0 Å². The number of benzene rings is 2. The number of carbonyl (C=O) groups excluding carboxylic acids is 1. The summed E-state index contributed by atoms with van der Waals surface area (Å²) in [5.74, 6) is -0.205. The highest BCUT2D eigenvalue weighted by atomic mass is 19.1. The van der Waals surface area contributed by atoms with E-state index in [1.165, 1.54) is 17.8 Å². The molecule has 2 aliphatic rings. The summed E-state index contributed by atoms with van der Waals surface area (Å²) in [5, 5.41) is 0. The van der Waals surface area contributed by atoms with E-state index in [1.54, 1.807) is 6.07 Å². The van der Waals surface area contributed by atoms with Gasteiger partial charge in [0.05, 0.1) is 0 Å². The highest BCUT2D eigenvalue weighted by molar-refractivity contribution is 6.13. The van der Waals surface area contributed by atoms with E-state index in [0.717, 1.165) is 61.4 Å². The SMILES string of the molecule is CCN1CCN(c2ccc3c(c2)CC/C(=C\c2cccc(F)c2)C3=O)CC1. The van der Waals surface area contributed by atoms with Gasteiger partial charge in [0.2, 0.25) is 0 Å². The quantitative estimate of drug-likeness (QED) is 0.764. The highest BCUT2D eigenvalue weighted by Crippen LogP contribution is 2.30. The van der Waals surface area contributed by atoms with Crippen molar-refractivity contribution in [3.63, 3.8) is 0 Å². The fourth-order valence-corrected chi connectivity index (χ4v) is 4.02. The number of hydrogen-bond donors (Lipinski definition) is 0. The summed E-state index contributed by atoms with van der Waals surface area (Å²) in [5.41, 5.74) is 4.64. The van der Waals surface area contributed by atoms with Crippen LogP contribution in [0.3, 0.4) is 0 Å². The van der Waals surface area contributed by atoms with Gasteiger partial charge in [-0.2, -0.15) is 0 Å². The molecule has 0 aromatic heterocycles. The number of rotatable bonds is 3. The predicted molar refractivity (Wildman–Crippen MR) is 108 cm³/mol. The van der Waals surface area contributed by atoms with Crippen molar-refractivity contribution in [2.75, 3.05) is 37.6 Å². The van der Waals surface area contributed by atoms with Crippen LogP contribution in [-0.2, 0) is 6.42 Å². The summed E-state index contributed by atoms with van der Waals surface area (Å²) in [6.45, 7) is 7.55. The Morgan fingerprint density at radius 2 is 1.85 bits per heavy atom. The van der Waals surface area contributed by atoms with Gasteiger partial charge in [-0.15, -0.1) is 0 Å². The first-order chi connectivity index (χ1) is 13.1. The number of anilines is 1. The Kier molecular flexibility index (Phi) is 5.08. The number of fused-ring (bicyclic) bond motifs is 1. The highest BCUT2D eigenvalue weighted by Gasteiger charge is 2.24. The molecular weight excluding hydrogens is 339 g/mol. The first-order valence-electron chi connectivity index (χ1n) is 9.75. The molecule has 2 aromatic rings. The van der Waals surface area contributed by atoms with Crippen molar-refractivity contribution < 1.29 is 9.18 Å². The van der Waals surface area contributed by atoms with Gasteiger partial charge >= 0.3 is 0 Å². The van der Waals surface area contributed by atoms with E-state index < -0.39 is 0 Å². The normalized spacial score (nSPS) is 19.4. The van der Waals surface area contributed by atoms with Gasteiger partial charge < -0.3 is 9.80 Å². The van der Waals surface area contributed by atoms with Crippen LogP contribution in [0.25, 0.3) is 6.08 Å². The number of aryl methyl sites for hydroxylation is 1. The molecule has 3 nitrogen and oxygen atoms in total. The summed E-state index contributed by atoms with van der Waals surface area (Å²) in [4.78, 5) is 17.8. The van der Waals surface area contributed by atoms with Gasteiger partial charge in [0.15, 0.2) is 5.78 Å². The maximum atomic E-state index is 13.4. The zero-order valence-corrected chi connectivity index (χ0v) is 15.7. The summed E-state index contributed by atoms with van der Waals surface area (Å²) in [6, 6.07) is 12.6. The Labute approximate surface area is 160 Å². The average molecular weight is 364 g/mol. The van der Waals surface area contributed by atoms with Crippen LogP contribution in [-0.4, -0.2) is 43.4 Å². The second kappa shape index (κ2) is 7.65. The van der Waals surface area contributed by atoms with Crippen LogP contribution >= 0.6 is 0 Å². The Hall–Kier alpha value is -2.46. The van der Waals surface area contributed by atoms with Crippen LogP contribution in [0.15, 0.2) is 48.0 Å². The fraction of sp³-hybridized carbons (Fsp3) is 0.348. The van der Waals surface area contributed by atoms with Crippen LogP contribution in [0.2, 0.25) is 0 Å². The van der Waals surface area contributed by atoms with E-state index >= 15 is 0 Å². The number of ketones is 1. The van der Waals surface area contributed by atoms with Gasteiger partial charge in [0.1, 0.15) is 5.82 Å². The largest absolute Gasteiger partial charge is 0.369 e. The van der Waals surface area contributed by atoms with Gasteiger partial charge in [-0.25, -0.2) is 4.39 Å². The number of carbonyl (C=O) groups is 1. The zero-order valence-electron chi connectivity index (χ0n) is 15.7. The van der Waals surface area contributed by atoms with Crippen molar-refractivity contribution in [3.05, 3.63) is 70.5 Å². The van der Waals surface area contributed by atoms with Crippen LogP contribution < -0.4 is 4.90 Å². The fourth-order valence-electron chi connectivity index (χ4n) is 4.02. The monoisotopic (exact) mass is 364 g/mol. The van der Waals surface area contributed by atoms with E-state index in [2.05, 4.69) is 28.9 Å². The maximum Gasteiger partial charge on any atom is 0.189 e. The molecular formula is C23H25FN2O. The lowest BCUT2D eigenvalue weighted by Crippen LogP contribution is -2.46. The molecule has 0 bridgehead atoms. The summed E-state index contributed by atoms with van der Waals surface area (Å²) >= 11 is 0. The van der Waals surface area contributed by atoms with Gasteiger partial charge in [0.25, 0.3) is 0 Å². The molecule has 0 unspecified atom stereocenters. The molecule has 1 heterocycles. The third-order valence-electron chi connectivity index (χ3n) is 5.66. The minimum Gasteiger partial charge on any atom is -0.369 e. The lowest BCUT2D eigenvalue weighted by atomic mass is 9.85. The van der Waals surface area contributed by atoms with Crippen molar-refractivity contribution in [1.29, 1.82) is 0 Å². The van der Waals surface area contributed by atoms with E-state index in [0.29, 0.717) is 6.42 Å². The number of piperazine rings is 1.